The van der Waals surface area contributed by atoms with Gasteiger partial charge in [-0.05, 0) is 73.3 Å². The van der Waals surface area contributed by atoms with E-state index in [0.717, 1.165) is 60.0 Å². The summed E-state index contributed by atoms with van der Waals surface area (Å²) in [4.78, 5) is 16.8. The maximum Gasteiger partial charge on any atom is 0.152 e. The van der Waals surface area contributed by atoms with E-state index in [-0.39, 0.29) is 11.7 Å². The number of allylic oxidation sites excluding steroid dienone is 4. The Morgan fingerprint density at radius 3 is 2.57 bits per heavy atom. The highest BCUT2D eigenvalue weighted by Gasteiger charge is 2.20. The summed E-state index contributed by atoms with van der Waals surface area (Å²) in [5, 5.41) is 0. The lowest BCUT2D eigenvalue weighted by atomic mass is 9.87. The SMILES string of the molecule is Cc1nc(C(C)C)c(C=O)c(-c2ccc(F)cc2)c1CCCC1C=CC=CC1. The molecule has 0 fully saturated rings. The van der Waals surface area contributed by atoms with Crippen LogP contribution in [0.3, 0.4) is 0 Å². The minimum Gasteiger partial charge on any atom is -0.298 e. The Morgan fingerprint density at radius 2 is 1.96 bits per heavy atom. The Labute approximate surface area is 167 Å². The summed E-state index contributed by atoms with van der Waals surface area (Å²) in [7, 11) is 0. The molecule has 0 radical (unpaired) electrons. The van der Waals surface area contributed by atoms with Crippen LogP contribution >= 0.6 is 0 Å². The van der Waals surface area contributed by atoms with Gasteiger partial charge in [0.15, 0.2) is 6.29 Å². The minimum absolute atomic E-state index is 0.145. The number of pyridine rings is 1. The topological polar surface area (TPSA) is 30.0 Å². The van der Waals surface area contributed by atoms with Crippen molar-refractivity contribution in [3.05, 3.63) is 76.9 Å². The standard InChI is InChI=1S/C25H28FNO/c1-17(2)25-23(16-28)24(20-12-14-21(26)15-13-20)22(18(3)27-25)11-7-10-19-8-5-4-6-9-19/h4-6,8,12-17,19H,7,9-11H2,1-3H3. The van der Waals surface area contributed by atoms with Crippen LogP contribution in [0.4, 0.5) is 4.39 Å². The number of aldehydes is 1. The molecule has 1 aromatic heterocycles. The monoisotopic (exact) mass is 377 g/mol. The normalized spacial score (nSPS) is 16.0. The smallest absolute Gasteiger partial charge is 0.152 e. The molecule has 3 heteroatoms. The third-order valence-corrected chi connectivity index (χ3v) is 5.44. The average Bonchev–Trinajstić information content (AvgIpc) is 2.70. The number of hydrogen-bond donors (Lipinski definition) is 0. The molecule has 1 unspecified atom stereocenters. The highest BCUT2D eigenvalue weighted by atomic mass is 19.1. The van der Waals surface area contributed by atoms with Gasteiger partial charge in [0.05, 0.1) is 5.69 Å². The van der Waals surface area contributed by atoms with E-state index in [4.69, 9.17) is 4.98 Å². The zero-order valence-electron chi connectivity index (χ0n) is 16.9. The summed E-state index contributed by atoms with van der Waals surface area (Å²) in [5.74, 6) is 0.448. The van der Waals surface area contributed by atoms with Crippen LogP contribution in [-0.4, -0.2) is 11.3 Å². The first kappa shape index (κ1) is 20.2. The molecule has 3 rings (SSSR count). The molecule has 0 aliphatic heterocycles. The van der Waals surface area contributed by atoms with E-state index in [1.807, 2.05) is 20.8 Å². The van der Waals surface area contributed by atoms with Gasteiger partial charge in [-0.2, -0.15) is 0 Å². The number of rotatable bonds is 7. The third kappa shape index (κ3) is 4.46. The molecule has 0 amide bonds. The first-order valence-electron chi connectivity index (χ1n) is 10.1. The Kier molecular flexibility index (Phi) is 6.56. The number of nitrogens with zero attached hydrogens (tertiary/aromatic N) is 1. The van der Waals surface area contributed by atoms with Crippen molar-refractivity contribution in [3.63, 3.8) is 0 Å². The quantitative estimate of drug-likeness (QED) is 0.510. The lowest BCUT2D eigenvalue weighted by Crippen LogP contribution is -2.09. The number of benzene rings is 1. The molecule has 1 aromatic carbocycles. The van der Waals surface area contributed by atoms with Gasteiger partial charge in [-0.3, -0.25) is 9.78 Å². The van der Waals surface area contributed by atoms with Crippen LogP contribution in [0.25, 0.3) is 11.1 Å². The summed E-state index contributed by atoms with van der Waals surface area (Å²) in [6.45, 7) is 6.11. The first-order valence-corrected chi connectivity index (χ1v) is 10.1. The van der Waals surface area contributed by atoms with Crippen molar-refractivity contribution >= 4 is 6.29 Å². The molecular weight excluding hydrogens is 349 g/mol. The lowest BCUT2D eigenvalue weighted by Gasteiger charge is -2.20. The van der Waals surface area contributed by atoms with Crippen molar-refractivity contribution in [1.82, 2.24) is 4.98 Å². The third-order valence-electron chi connectivity index (χ3n) is 5.44. The van der Waals surface area contributed by atoms with Gasteiger partial charge < -0.3 is 0 Å². The molecule has 1 atom stereocenters. The van der Waals surface area contributed by atoms with Crippen LogP contribution in [0.15, 0.2) is 48.6 Å². The van der Waals surface area contributed by atoms with E-state index in [9.17, 15) is 9.18 Å². The number of carbonyl (C=O) groups excluding carboxylic acids is 1. The van der Waals surface area contributed by atoms with Crippen LogP contribution in [0.1, 0.15) is 66.3 Å². The molecule has 1 aliphatic carbocycles. The molecule has 1 aliphatic rings. The summed E-state index contributed by atoms with van der Waals surface area (Å²) in [6, 6.07) is 6.44. The minimum atomic E-state index is -0.273. The first-order chi connectivity index (χ1) is 13.5. The fourth-order valence-electron chi connectivity index (χ4n) is 3.98. The fourth-order valence-corrected chi connectivity index (χ4v) is 3.98. The maximum absolute atomic E-state index is 13.5. The predicted molar refractivity (Wildman–Crippen MR) is 113 cm³/mol. The Balaban J connectivity index is 1.99. The molecule has 2 nitrogen and oxygen atoms in total. The van der Waals surface area contributed by atoms with Crippen molar-refractivity contribution in [1.29, 1.82) is 0 Å². The molecule has 0 saturated heterocycles. The number of hydrogen-bond acceptors (Lipinski definition) is 2. The zero-order chi connectivity index (χ0) is 20.1. The molecule has 2 aromatic rings. The summed E-state index contributed by atoms with van der Waals surface area (Å²) in [5.41, 5.74) is 5.33. The van der Waals surface area contributed by atoms with Crippen molar-refractivity contribution in [2.45, 2.75) is 52.4 Å². The second-order valence-electron chi connectivity index (χ2n) is 7.83. The lowest BCUT2D eigenvalue weighted by molar-refractivity contribution is 0.112. The highest BCUT2D eigenvalue weighted by molar-refractivity contribution is 5.91. The molecule has 0 saturated carbocycles. The Bertz CT molecular complexity index is 894. The van der Waals surface area contributed by atoms with Crippen molar-refractivity contribution in [3.8, 4) is 11.1 Å². The molecule has 0 spiro atoms. The van der Waals surface area contributed by atoms with Crippen LogP contribution in [0.5, 0.6) is 0 Å². The van der Waals surface area contributed by atoms with E-state index in [1.54, 1.807) is 12.1 Å². The molecule has 1 heterocycles. The number of aromatic nitrogens is 1. The van der Waals surface area contributed by atoms with Crippen LogP contribution in [-0.2, 0) is 6.42 Å². The molecule has 0 N–H and O–H groups in total. The molecule has 146 valence electrons. The van der Waals surface area contributed by atoms with Gasteiger partial charge in [0.2, 0.25) is 0 Å². The van der Waals surface area contributed by atoms with Crippen molar-refractivity contribution in [2.75, 3.05) is 0 Å². The van der Waals surface area contributed by atoms with Gasteiger partial charge in [-0.25, -0.2) is 4.39 Å². The number of carbonyl (C=O) groups is 1. The van der Waals surface area contributed by atoms with Gasteiger partial charge in [0, 0.05) is 11.3 Å². The zero-order valence-corrected chi connectivity index (χ0v) is 16.9. The number of halogens is 1. The van der Waals surface area contributed by atoms with E-state index in [2.05, 4.69) is 24.3 Å². The number of aryl methyl sites for hydroxylation is 1. The van der Waals surface area contributed by atoms with Crippen LogP contribution < -0.4 is 0 Å². The molecule has 28 heavy (non-hydrogen) atoms. The predicted octanol–water partition coefficient (Wildman–Crippen LogP) is 6.59. The van der Waals surface area contributed by atoms with Gasteiger partial charge >= 0.3 is 0 Å². The van der Waals surface area contributed by atoms with Gasteiger partial charge in [0.1, 0.15) is 5.82 Å². The van der Waals surface area contributed by atoms with E-state index in [1.165, 1.54) is 12.1 Å². The molecule has 0 bridgehead atoms. The van der Waals surface area contributed by atoms with Crippen LogP contribution in [0.2, 0.25) is 0 Å². The summed E-state index contributed by atoms with van der Waals surface area (Å²) >= 11 is 0. The van der Waals surface area contributed by atoms with Gasteiger partial charge in [-0.15, -0.1) is 0 Å². The largest absolute Gasteiger partial charge is 0.298 e. The Morgan fingerprint density at radius 1 is 1.21 bits per heavy atom. The average molecular weight is 378 g/mol. The molecular formula is C25H28FNO. The van der Waals surface area contributed by atoms with Crippen molar-refractivity contribution < 1.29 is 9.18 Å². The highest BCUT2D eigenvalue weighted by Crippen LogP contribution is 2.34. The fraction of sp³-hybridized carbons (Fsp3) is 0.360. The van der Waals surface area contributed by atoms with Crippen LogP contribution in [0, 0.1) is 18.7 Å². The van der Waals surface area contributed by atoms with Gasteiger partial charge in [-0.1, -0.05) is 50.3 Å². The van der Waals surface area contributed by atoms with E-state index in [0.29, 0.717) is 11.5 Å². The second-order valence-corrected chi connectivity index (χ2v) is 7.83. The van der Waals surface area contributed by atoms with E-state index >= 15 is 0 Å². The van der Waals surface area contributed by atoms with E-state index < -0.39 is 0 Å². The van der Waals surface area contributed by atoms with Gasteiger partial charge in [0.25, 0.3) is 0 Å². The Hall–Kier alpha value is -2.55. The second kappa shape index (κ2) is 9.09. The maximum atomic E-state index is 13.5. The summed E-state index contributed by atoms with van der Waals surface area (Å²) in [6.07, 6.45) is 13.7. The summed E-state index contributed by atoms with van der Waals surface area (Å²) < 4.78 is 13.5. The van der Waals surface area contributed by atoms with Crippen molar-refractivity contribution in [2.24, 2.45) is 5.92 Å².